The summed E-state index contributed by atoms with van der Waals surface area (Å²) in [5, 5.41) is 0.765. The molecular formula is C18H19ClN2O. The average molecular weight is 315 g/mol. The van der Waals surface area contributed by atoms with Crippen LogP contribution < -0.4 is 0 Å². The summed E-state index contributed by atoms with van der Waals surface area (Å²) in [6, 6.07) is 14.0. The first kappa shape index (κ1) is 15.0. The maximum atomic E-state index is 11.7. The maximum Gasteiger partial charge on any atom is 0.220 e. The Bertz CT molecular complexity index is 686. The molecule has 1 aliphatic rings. The minimum absolute atomic E-state index is 0.115. The Balaban J connectivity index is 1.84. The molecule has 0 saturated carbocycles. The van der Waals surface area contributed by atoms with E-state index in [0.29, 0.717) is 6.42 Å². The van der Waals surface area contributed by atoms with Crippen molar-refractivity contribution >= 4 is 17.5 Å². The minimum atomic E-state index is 0.115. The summed E-state index contributed by atoms with van der Waals surface area (Å²) in [5.74, 6) is 0.126. The molecule has 1 amide bonds. The summed E-state index contributed by atoms with van der Waals surface area (Å²) < 4.78 is 0. The molecule has 2 heterocycles. The average Bonchev–Trinajstić information content (AvgIpc) is 3.00. The Morgan fingerprint density at radius 2 is 2.09 bits per heavy atom. The third kappa shape index (κ3) is 3.14. The first-order valence-electron chi connectivity index (χ1n) is 7.61. The first-order valence-corrected chi connectivity index (χ1v) is 7.99. The van der Waals surface area contributed by atoms with E-state index in [1.54, 1.807) is 6.92 Å². The van der Waals surface area contributed by atoms with Gasteiger partial charge in [-0.15, -0.1) is 0 Å². The number of likely N-dealkylation sites (tertiary alicyclic amines) is 1. The van der Waals surface area contributed by atoms with Gasteiger partial charge in [-0.3, -0.25) is 9.78 Å². The molecule has 114 valence electrons. The second kappa shape index (κ2) is 6.49. The van der Waals surface area contributed by atoms with Crippen LogP contribution in [0.25, 0.3) is 0 Å². The zero-order chi connectivity index (χ0) is 15.5. The number of aromatic nitrogens is 1. The Labute approximate surface area is 135 Å². The highest BCUT2D eigenvalue weighted by molar-refractivity contribution is 6.31. The lowest BCUT2D eigenvalue weighted by Crippen LogP contribution is -2.28. The fraction of sp³-hybridized carbons (Fsp3) is 0.333. The molecule has 22 heavy (non-hydrogen) atoms. The van der Waals surface area contributed by atoms with Gasteiger partial charge in [0, 0.05) is 30.6 Å². The quantitative estimate of drug-likeness (QED) is 0.857. The van der Waals surface area contributed by atoms with E-state index in [2.05, 4.69) is 0 Å². The van der Waals surface area contributed by atoms with E-state index in [0.717, 1.165) is 41.4 Å². The molecule has 1 aromatic carbocycles. The van der Waals surface area contributed by atoms with Crippen molar-refractivity contribution in [2.75, 3.05) is 6.54 Å². The van der Waals surface area contributed by atoms with E-state index >= 15 is 0 Å². The number of hydrogen-bond acceptors (Lipinski definition) is 2. The van der Waals surface area contributed by atoms with Crippen molar-refractivity contribution in [3.05, 3.63) is 64.4 Å². The topological polar surface area (TPSA) is 33.2 Å². The number of carbonyl (C=O) groups excluding carboxylic acids is 1. The smallest absolute Gasteiger partial charge is 0.220 e. The Morgan fingerprint density at radius 1 is 1.27 bits per heavy atom. The maximum absolute atomic E-state index is 11.7. The molecule has 4 heteroatoms. The second-order valence-corrected chi connectivity index (χ2v) is 6.10. The summed E-state index contributed by atoms with van der Waals surface area (Å²) in [6.45, 7) is 2.46. The number of rotatable bonds is 3. The standard InChI is InChI=1S/C18H19ClN2O/c1-13(22)21-11-5-10-18(21)17-9-4-7-15(20-17)12-14-6-2-3-8-16(14)19/h2-4,6-9,18H,5,10-12H2,1H3/t18-/m1/s1. The van der Waals surface area contributed by atoms with Gasteiger partial charge >= 0.3 is 0 Å². The van der Waals surface area contributed by atoms with Gasteiger partial charge in [-0.25, -0.2) is 0 Å². The number of pyridine rings is 1. The van der Waals surface area contributed by atoms with Gasteiger partial charge in [0.05, 0.1) is 11.7 Å². The number of halogens is 1. The molecule has 3 rings (SSSR count). The van der Waals surface area contributed by atoms with E-state index in [1.165, 1.54) is 0 Å². The van der Waals surface area contributed by atoms with Crippen molar-refractivity contribution in [1.82, 2.24) is 9.88 Å². The van der Waals surface area contributed by atoms with Crippen LogP contribution in [-0.2, 0) is 11.2 Å². The van der Waals surface area contributed by atoms with E-state index in [9.17, 15) is 4.79 Å². The largest absolute Gasteiger partial charge is 0.334 e. The molecule has 1 atom stereocenters. The van der Waals surface area contributed by atoms with Crippen LogP contribution in [0.4, 0.5) is 0 Å². The Hall–Kier alpha value is -1.87. The SMILES string of the molecule is CC(=O)N1CCC[C@@H]1c1cccc(Cc2ccccc2Cl)n1. The zero-order valence-corrected chi connectivity index (χ0v) is 13.4. The number of hydrogen-bond donors (Lipinski definition) is 0. The van der Waals surface area contributed by atoms with Gasteiger partial charge in [-0.2, -0.15) is 0 Å². The predicted octanol–water partition coefficient (Wildman–Crippen LogP) is 4.01. The van der Waals surface area contributed by atoms with Gasteiger partial charge < -0.3 is 4.90 Å². The van der Waals surface area contributed by atoms with Crippen molar-refractivity contribution in [1.29, 1.82) is 0 Å². The molecule has 0 N–H and O–H groups in total. The van der Waals surface area contributed by atoms with Gasteiger partial charge in [0.15, 0.2) is 0 Å². The van der Waals surface area contributed by atoms with Gasteiger partial charge in [-0.1, -0.05) is 35.9 Å². The van der Waals surface area contributed by atoms with Gasteiger partial charge in [0.25, 0.3) is 0 Å². The van der Waals surface area contributed by atoms with Crippen LogP contribution in [0, 0.1) is 0 Å². The van der Waals surface area contributed by atoms with Crippen LogP contribution in [0.15, 0.2) is 42.5 Å². The molecule has 1 fully saturated rings. The summed E-state index contributed by atoms with van der Waals surface area (Å²) in [5.41, 5.74) is 3.04. The van der Waals surface area contributed by atoms with Crippen LogP contribution in [0.2, 0.25) is 5.02 Å². The van der Waals surface area contributed by atoms with Crippen molar-refractivity contribution < 1.29 is 4.79 Å². The zero-order valence-electron chi connectivity index (χ0n) is 12.6. The number of benzene rings is 1. The molecule has 1 aromatic heterocycles. The van der Waals surface area contributed by atoms with E-state index in [1.807, 2.05) is 47.4 Å². The van der Waals surface area contributed by atoms with Crippen LogP contribution in [0.3, 0.4) is 0 Å². The number of carbonyl (C=O) groups is 1. The van der Waals surface area contributed by atoms with Crippen LogP contribution >= 0.6 is 11.6 Å². The Morgan fingerprint density at radius 3 is 2.86 bits per heavy atom. The molecule has 0 aliphatic carbocycles. The number of amides is 1. The fourth-order valence-corrected chi connectivity index (χ4v) is 3.27. The molecule has 3 nitrogen and oxygen atoms in total. The molecule has 0 spiro atoms. The molecular weight excluding hydrogens is 296 g/mol. The highest BCUT2D eigenvalue weighted by atomic mass is 35.5. The van der Waals surface area contributed by atoms with Crippen LogP contribution in [0.5, 0.6) is 0 Å². The van der Waals surface area contributed by atoms with E-state index in [4.69, 9.17) is 16.6 Å². The molecule has 2 aromatic rings. The van der Waals surface area contributed by atoms with Crippen LogP contribution in [0.1, 0.15) is 42.8 Å². The van der Waals surface area contributed by atoms with E-state index in [-0.39, 0.29) is 11.9 Å². The summed E-state index contributed by atoms with van der Waals surface area (Å²) in [7, 11) is 0. The lowest BCUT2D eigenvalue weighted by Gasteiger charge is -2.23. The first-order chi connectivity index (χ1) is 10.6. The van der Waals surface area contributed by atoms with Crippen LogP contribution in [-0.4, -0.2) is 22.3 Å². The second-order valence-electron chi connectivity index (χ2n) is 5.69. The number of nitrogens with zero attached hydrogens (tertiary/aromatic N) is 2. The van der Waals surface area contributed by atoms with Crippen molar-refractivity contribution in [3.63, 3.8) is 0 Å². The van der Waals surface area contributed by atoms with Crippen molar-refractivity contribution in [3.8, 4) is 0 Å². The fourth-order valence-electron chi connectivity index (χ4n) is 3.07. The van der Waals surface area contributed by atoms with Gasteiger partial charge in [0.2, 0.25) is 5.91 Å². The van der Waals surface area contributed by atoms with E-state index < -0.39 is 0 Å². The third-order valence-corrected chi connectivity index (χ3v) is 4.53. The molecule has 0 radical (unpaired) electrons. The molecule has 1 saturated heterocycles. The van der Waals surface area contributed by atoms with Crippen molar-refractivity contribution in [2.45, 2.75) is 32.2 Å². The summed E-state index contributed by atoms with van der Waals surface area (Å²) in [6.07, 6.45) is 2.74. The van der Waals surface area contributed by atoms with Crippen molar-refractivity contribution in [2.24, 2.45) is 0 Å². The molecule has 0 unspecified atom stereocenters. The predicted molar refractivity (Wildman–Crippen MR) is 87.9 cm³/mol. The van der Waals surface area contributed by atoms with Gasteiger partial charge in [0.1, 0.15) is 0 Å². The monoisotopic (exact) mass is 314 g/mol. The lowest BCUT2D eigenvalue weighted by atomic mass is 10.1. The van der Waals surface area contributed by atoms with Gasteiger partial charge in [-0.05, 0) is 36.6 Å². The third-order valence-electron chi connectivity index (χ3n) is 4.16. The highest BCUT2D eigenvalue weighted by Crippen LogP contribution is 2.31. The summed E-state index contributed by atoms with van der Waals surface area (Å²) >= 11 is 6.23. The normalized spacial score (nSPS) is 17.7. The summed E-state index contributed by atoms with van der Waals surface area (Å²) in [4.78, 5) is 18.4. The molecule has 0 bridgehead atoms. The minimum Gasteiger partial charge on any atom is -0.334 e. The Kier molecular flexibility index (Phi) is 4.44. The molecule has 1 aliphatic heterocycles. The lowest BCUT2D eigenvalue weighted by molar-refractivity contribution is -0.129. The highest BCUT2D eigenvalue weighted by Gasteiger charge is 2.28.